The summed E-state index contributed by atoms with van der Waals surface area (Å²) in [5.41, 5.74) is 7.41. The Labute approximate surface area is 156 Å². The Balaban J connectivity index is 1.50. The zero-order valence-corrected chi connectivity index (χ0v) is 14.8. The minimum atomic E-state index is -0.445. The van der Waals surface area contributed by atoms with Gasteiger partial charge in [0.2, 0.25) is 5.91 Å². The first-order chi connectivity index (χ1) is 13.0. The number of ether oxygens (including phenoxy) is 1. The molecule has 1 aliphatic rings. The molecule has 3 rings (SSSR count). The molecule has 0 saturated carbocycles. The van der Waals surface area contributed by atoms with E-state index in [0.717, 1.165) is 12.0 Å². The van der Waals surface area contributed by atoms with Crippen molar-refractivity contribution in [3.63, 3.8) is 0 Å². The number of hydrogen-bond donors (Lipinski definition) is 3. The number of rotatable bonds is 6. The van der Waals surface area contributed by atoms with E-state index in [-0.39, 0.29) is 23.7 Å². The molecule has 7 heteroatoms. The van der Waals surface area contributed by atoms with Crippen LogP contribution in [-0.4, -0.2) is 30.6 Å². The molecule has 2 aromatic carbocycles. The van der Waals surface area contributed by atoms with E-state index in [1.165, 1.54) is 24.3 Å². The van der Waals surface area contributed by atoms with Crippen LogP contribution in [0, 0.1) is 5.82 Å². The second kappa shape index (κ2) is 8.75. The molecule has 2 aromatic rings. The zero-order valence-electron chi connectivity index (χ0n) is 14.8. The van der Waals surface area contributed by atoms with Crippen LogP contribution < -0.4 is 16.4 Å². The van der Waals surface area contributed by atoms with Crippen LogP contribution >= 0.6 is 0 Å². The maximum absolute atomic E-state index is 12.9. The van der Waals surface area contributed by atoms with Gasteiger partial charge in [0.15, 0.2) is 0 Å². The molecule has 6 nitrogen and oxygen atoms in total. The summed E-state index contributed by atoms with van der Waals surface area (Å²) in [6, 6.07) is 12.5. The predicted octanol–water partition coefficient (Wildman–Crippen LogP) is 2.20. The van der Waals surface area contributed by atoms with Gasteiger partial charge in [-0.1, -0.05) is 12.1 Å². The van der Waals surface area contributed by atoms with Crippen molar-refractivity contribution in [2.24, 2.45) is 5.73 Å². The Bertz CT molecular complexity index is 793. The van der Waals surface area contributed by atoms with E-state index in [1.807, 2.05) is 0 Å². The molecule has 1 aliphatic heterocycles. The largest absolute Gasteiger partial charge is 0.364 e. The van der Waals surface area contributed by atoms with Crippen LogP contribution in [0.2, 0.25) is 0 Å². The molecular formula is C20H22FN3O3. The van der Waals surface area contributed by atoms with Crippen LogP contribution in [-0.2, 0) is 16.1 Å². The van der Waals surface area contributed by atoms with E-state index in [2.05, 4.69) is 10.6 Å². The highest BCUT2D eigenvalue weighted by molar-refractivity contribution is 6.04. The summed E-state index contributed by atoms with van der Waals surface area (Å²) in [6.07, 6.45) is 0.988. The third-order valence-corrected chi connectivity index (χ3v) is 4.45. The number of benzene rings is 2. The smallest absolute Gasteiger partial charge is 0.255 e. The normalized spacial score (nSPS) is 18.9. The molecule has 1 fully saturated rings. The molecule has 2 atom stereocenters. The number of amides is 2. The molecule has 1 heterocycles. The molecule has 0 radical (unpaired) electrons. The van der Waals surface area contributed by atoms with Gasteiger partial charge in [-0.2, -0.15) is 0 Å². The number of halogens is 1. The van der Waals surface area contributed by atoms with E-state index >= 15 is 0 Å². The quantitative estimate of drug-likeness (QED) is 0.726. The van der Waals surface area contributed by atoms with Gasteiger partial charge in [0.05, 0.1) is 6.10 Å². The average molecular weight is 371 g/mol. The number of nitrogens with one attached hydrogen (secondary N) is 2. The minimum absolute atomic E-state index is 0.0420. The summed E-state index contributed by atoms with van der Waals surface area (Å²) in [5, 5.41) is 5.54. The number of carbonyl (C=O) groups is 2. The summed E-state index contributed by atoms with van der Waals surface area (Å²) in [7, 11) is 0. The summed E-state index contributed by atoms with van der Waals surface area (Å²) in [4.78, 5) is 24.3. The lowest BCUT2D eigenvalue weighted by Gasteiger charge is -2.13. The molecular weight excluding hydrogens is 349 g/mol. The number of nitrogens with two attached hydrogens (primary N) is 1. The van der Waals surface area contributed by atoms with Crippen molar-refractivity contribution in [2.75, 3.05) is 11.9 Å². The molecule has 4 N–H and O–H groups in total. The Morgan fingerprint density at radius 1 is 1.07 bits per heavy atom. The van der Waals surface area contributed by atoms with Crippen LogP contribution in [0.15, 0.2) is 48.5 Å². The molecule has 0 bridgehead atoms. The lowest BCUT2D eigenvalue weighted by molar-refractivity contribution is -0.132. The Morgan fingerprint density at radius 2 is 1.78 bits per heavy atom. The SMILES string of the molecule is NC[C@H]1CC[C@@H](C(=O)NCc2ccc(C(=O)Nc3ccc(F)cc3)cc2)O1. The first-order valence-electron chi connectivity index (χ1n) is 8.84. The molecule has 2 amide bonds. The van der Waals surface area contributed by atoms with Gasteiger partial charge in [0.1, 0.15) is 11.9 Å². The van der Waals surface area contributed by atoms with E-state index in [9.17, 15) is 14.0 Å². The molecule has 0 spiro atoms. The highest BCUT2D eigenvalue weighted by Gasteiger charge is 2.29. The predicted molar refractivity (Wildman–Crippen MR) is 99.6 cm³/mol. The van der Waals surface area contributed by atoms with Crippen molar-refractivity contribution >= 4 is 17.5 Å². The van der Waals surface area contributed by atoms with Gasteiger partial charge in [0.25, 0.3) is 5.91 Å². The van der Waals surface area contributed by atoms with Crippen LogP contribution in [0.1, 0.15) is 28.8 Å². The first kappa shape index (κ1) is 19.0. The summed E-state index contributed by atoms with van der Waals surface area (Å²) in [5.74, 6) is -0.797. The Kier molecular flexibility index (Phi) is 6.16. The average Bonchev–Trinajstić information content (AvgIpc) is 3.17. The highest BCUT2D eigenvalue weighted by Crippen LogP contribution is 2.19. The standard InChI is InChI=1S/C20H22FN3O3/c21-15-5-7-16(8-6-15)24-19(25)14-3-1-13(2-4-14)12-23-20(26)18-10-9-17(11-22)27-18/h1-8,17-18H,9-12,22H2,(H,23,26)(H,24,25)/t17-,18+/m1/s1. The third-order valence-electron chi connectivity index (χ3n) is 4.45. The van der Waals surface area contributed by atoms with Crippen LogP contribution in [0.5, 0.6) is 0 Å². The molecule has 27 heavy (non-hydrogen) atoms. The zero-order chi connectivity index (χ0) is 19.2. The molecule has 142 valence electrons. The number of carbonyl (C=O) groups excluding carboxylic acids is 2. The molecule has 1 saturated heterocycles. The van der Waals surface area contributed by atoms with Crippen molar-refractivity contribution < 1.29 is 18.7 Å². The first-order valence-corrected chi connectivity index (χ1v) is 8.84. The van der Waals surface area contributed by atoms with Gasteiger partial charge < -0.3 is 21.1 Å². The third kappa shape index (κ3) is 5.12. The van der Waals surface area contributed by atoms with Crippen molar-refractivity contribution in [3.8, 4) is 0 Å². The summed E-state index contributed by atoms with van der Waals surface area (Å²) < 4.78 is 18.5. The lowest BCUT2D eigenvalue weighted by atomic mass is 10.1. The van der Waals surface area contributed by atoms with Gasteiger partial charge in [-0.25, -0.2) is 4.39 Å². The van der Waals surface area contributed by atoms with Gasteiger partial charge in [-0.15, -0.1) is 0 Å². The Hall–Kier alpha value is -2.77. The number of hydrogen-bond acceptors (Lipinski definition) is 4. The van der Waals surface area contributed by atoms with E-state index in [1.54, 1.807) is 24.3 Å². The minimum Gasteiger partial charge on any atom is -0.364 e. The molecule has 0 aromatic heterocycles. The second-order valence-corrected chi connectivity index (χ2v) is 6.44. The summed E-state index contributed by atoms with van der Waals surface area (Å²) in [6.45, 7) is 0.775. The maximum Gasteiger partial charge on any atom is 0.255 e. The van der Waals surface area contributed by atoms with Gasteiger partial charge in [0, 0.05) is 24.3 Å². The van der Waals surface area contributed by atoms with Crippen molar-refractivity contribution in [3.05, 3.63) is 65.5 Å². The summed E-state index contributed by atoms with van der Waals surface area (Å²) >= 11 is 0. The van der Waals surface area contributed by atoms with Crippen molar-refractivity contribution in [2.45, 2.75) is 31.6 Å². The van der Waals surface area contributed by atoms with Gasteiger partial charge >= 0.3 is 0 Å². The van der Waals surface area contributed by atoms with Gasteiger partial charge in [-0.05, 0) is 54.8 Å². The topological polar surface area (TPSA) is 93.5 Å². The second-order valence-electron chi connectivity index (χ2n) is 6.44. The van der Waals surface area contributed by atoms with Crippen molar-refractivity contribution in [1.82, 2.24) is 5.32 Å². The molecule has 0 aliphatic carbocycles. The van der Waals surface area contributed by atoms with Crippen LogP contribution in [0.25, 0.3) is 0 Å². The lowest BCUT2D eigenvalue weighted by Crippen LogP contribution is -2.35. The van der Waals surface area contributed by atoms with E-state index < -0.39 is 6.10 Å². The van der Waals surface area contributed by atoms with Crippen LogP contribution in [0.3, 0.4) is 0 Å². The number of anilines is 1. The fourth-order valence-corrected chi connectivity index (χ4v) is 2.89. The fraction of sp³-hybridized carbons (Fsp3) is 0.300. The maximum atomic E-state index is 12.9. The van der Waals surface area contributed by atoms with Gasteiger partial charge in [-0.3, -0.25) is 9.59 Å². The van der Waals surface area contributed by atoms with Crippen molar-refractivity contribution in [1.29, 1.82) is 0 Å². The van der Waals surface area contributed by atoms with E-state index in [4.69, 9.17) is 10.5 Å². The highest BCUT2D eigenvalue weighted by atomic mass is 19.1. The van der Waals surface area contributed by atoms with Crippen LogP contribution in [0.4, 0.5) is 10.1 Å². The van der Waals surface area contributed by atoms with E-state index in [0.29, 0.717) is 30.8 Å². The fourth-order valence-electron chi connectivity index (χ4n) is 2.89. The Morgan fingerprint density at radius 3 is 2.41 bits per heavy atom. The monoisotopic (exact) mass is 371 g/mol. The molecule has 0 unspecified atom stereocenters.